The maximum absolute atomic E-state index is 12.4. The van der Waals surface area contributed by atoms with E-state index in [-0.39, 0.29) is 12.1 Å². The zero-order valence-corrected chi connectivity index (χ0v) is 19.3. The normalized spacial score (nSPS) is 12.9. The lowest BCUT2D eigenvalue weighted by Gasteiger charge is -2.28. The molecule has 1 aromatic heterocycles. The third-order valence-corrected chi connectivity index (χ3v) is 4.77. The number of nitrogens with zero attached hydrogens (tertiary/aromatic N) is 4. The lowest BCUT2D eigenvalue weighted by atomic mass is 10.1. The Morgan fingerprint density at radius 1 is 1.28 bits per heavy atom. The zero-order chi connectivity index (χ0) is 21.8. The van der Waals surface area contributed by atoms with Crippen molar-refractivity contribution in [1.82, 2.24) is 19.7 Å². The predicted octanol–water partition coefficient (Wildman–Crippen LogP) is 5.31. The number of rotatable bonds is 7. The second-order valence-electron chi connectivity index (χ2n) is 8.91. The second kappa shape index (κ2) is 9.61. The quantitative estimate of drug-likeness (QED) is 0.609. The van der Waals surface area contributed by atoms with E-state index in [1.54, 1.807) is 11.9 Å². The summed E-state index contributed by atoms with van der Waals surface area (Å²) in [4.78, 5) is 18.8. The van der Waals surface area contributed by atoms with Gasteiger partial charge < -0.3 is 9.64 Å². The van der Waals surface area contributed by atoms with Gasteiger partial charge in [-0.05, 0) is 58.2 Å². The highest BCUT2D eigenvalue weighted by molar-refractivity contribution is 6.30. The molecule has 1 heterocycles. The number of carbonyl (C=O) groups is 1. The molecule has 1 aromatic carbocycles. The molecule has 0 fully saturated rings. The fraction of sp³-hybridized carbons (Fsp3) is 0.591. The van der Waals surface area contributed by atoms with Gasteiger partial charge in [-0.2, -0.15) is 5.10 Å². The molecule has 0 radical (unpaired) electrons. The van der Waals surface area contributed by atoms with E-state index in [9.17, 15) is 4.79 Å². The monoisotopic (exact) mass is 420 g/mol. The molecule has 29 heavy (non-hydrogen) atoms. The first-order valence-corrected chi connectivity index (χ1v) is 10.5. The van der Waals surface area contributed by atoms with Gasteiger partial charge in [0.25, 0.3) is 0 Å². The van der Waals surface area contributed by atoms with Gasteiger partial charge in [0.1, 0.15) is 11.4 Å². The van der Waals surface area contributed by atoms with Crippen molar-refractivity contribution < 1.29 is 9.53 Å². The van der Waals surface area contributed by atoms with Crippen LogP contribution in [0.2, 0.25) is 5.02 Å². The van der Waals surface area contributed by atoms with Gasteiger partial charge in [0.2, 0.25) is 0 Å². The molecule has 7 heteroatoms. The summed E-state index contributed by atoms with van der Waals surface area (Å²) in [5.41, 5.74) is 0.332. The summed E-state index contributed by atoms with van der Waals surface area (Å²) >= 11 is 6.18. The van der Waals surface area contributed by atoms with Crippen LogP contribution in [0.25, 0.3) is 5.69 Å². The van der Waals surface area contributed by atoms with Gasteiger partial charge >= 0.3 is 6.09 Å². The number of likely N-dealkylation sites (N-methyl/N-ethyl adjacent to an activating group) is 1. The van der Waals surface area contributed by atoms with E-state index in [4.69, 9.17) is 26.4 Å². The molecule has 6 nitrogen and oxygen atoms in total. The van der Waals surface area contributed by atoms with Gasteiger partial charge in [0.15, 0.2) is 5.82 Å². The van der Waals surface area contributed by atoms with Crippen molar-refractivity contribution in [3.63, 3.8) is 0 Å². The van der Waals surface area contributed by atoms with Crippen LogP contribution < -0.4 is 0 Å². The van der Waals surface area contributed by atoms with Crippen LogP contribution in [0.15, 0.2) is 24.3 Å². The largest absolute Gasteiger partial charge is 0.444 e. The fourth-order valence-corrected chi connectivity index (χ4v) is 2.96. The van der Waals surface area contributed by atoms with Crippen LogP contribution in [0.1, 0.15) is 59.6 Å². The maximum Gasteiger partial charge on any atom is 0.410 e. The molecule has 2 rings (SSSR count). The summed E-state index contributed by atoms with van der Waals surface area (Å²) in [5, 5.41) is 5.37. The van der Waals surface area contributed by atoms with Crippen LogP contribution in [0.3, 0.4) is 0 Å². The molecule has 0 N–H and O–H groups in total. The minimum atomic E-state index is -0.532. The first kappa shape index (κ1) is 23.2. The predicted molar refractivity (Wildman–Crippen MR) is 117 cm³/mol. The number of halogens is 1. The van der Waals surface area contributed by atoms with E-state index >= 15 is 0 Å². The Morgan fingerprint density at radius 3 is 2.55 bits per heavy atom. The summed E-state index contributed by atoms with van der Waals surface area (Å²) in [5.74, 6) is 2.18. The molecule has 0 spiro atoms. The van der Waals surface area contributed by atoms with Crippen LogP contribution >= 0.6 is 11.6 Å². The first-order chi connectivity index (χ1) is 13.5. The smallest absolute Gasteiger partial charge is 0.410 e. The van der Waals surface area contributed by atoms with Crippen LogP contribution in [0, 0.1) is 5.92 Å². The Labute approximate surface area is 179 Å². The minimum absolute atomic E-state index is 0.107. The van der Waals surface area contributed by atoms with Crippen LogP contribution in [0.5, 0.6) is 0 Å². The summed E-state index contributed by atoms with van der Waals surface area (Å²) in [7, 11) is 1.75. The van der Waals surface area contributed by atoms with Crippen LogP contribution in [-0.2, 0) is 17.6 Å². The third-order valence-electron chi connectivity index (χ3n) is 4.54. The van der Waals surface area contributed by atoms with E-state index in [1.165, 1.54) is 0 Å². The Bertz CT molecular complexity index is 826. The van der Waals surface area contributed by atoms with E-state index in [0.717, 1.165) is 30.2 Å². The number of hydrogen-bond donors (Lipinski definition) is 0. The Kier molecular flexibility index (Phi) is 7.69. The molecular weight excluding hydrogens is 388 g/mol. The topological polar surface area (TPSA) is 60.3 Å². The number of benzene rings is 1. The van der Waals surface area contributed by atoms with Crippen LogP contribution in [0.4, 0.5) is 4.79 Å². The molecule has 0 unspecified atom stereocenters. The van der Waals surface area contributed by atoms with E-state index in [0.29, 0.717) is 17.4 Å². The lowest BCUT2D eigenvalue weighted by molar-refractivity contribution is 0.0234. The van der Waals surface area contributed by atoms with E-state index < -0.39 is 5.60 Å². The minimum Gasteiger partial charge on any atom is -0.444 e. The Hall–Kier alpha value is -2.08. The van der Waals surface area contributed by atoms with E-state index in [2.05, 4.69) is 13.8 Å². The number of aryl methyl sites for hydroxylation is 1. The number of amides is 1. The molecule has 0 saturated carbocycles. The number of carbonyl (C=O) groups excluding carboxylic acids is 1. The van der Waals surface area contributed by atoms with Crippen LogP contribution in [-0.4, -0.2) is 44.4 Å². The SMILES string of the molecule is CC(C)CCc1nc(C[C@H](C)N(C)C(=O)OC(C)(C)C)n(-c2cccc(Cl)c2)n1. The standard InChI is InChI=1S/C22H33ClN4O2/c1-15(2)11-12-19-24-20(27(25-19)18-10-8-9-17(23)14-18)13-16(3)26(7)21(28)29-22(4,5)6/h8-10,14-16H,11-13H2,1-7H3/t16-/m0/s1. The highest BCUT2D eigenvalue weighted by atomic mass is 35.5. The molecule has 0 aliphatic rings. The summed E-state index contributed by atoms with van der Waals surface area (Å²) in [6.45, 7) is 11.9. The lowest BCUT2D eigenvalue weighted by Crippen LogP contribution is -2.40. The number of ether oxygens (including phenoxy) is 1. The van der Waals surface area contributed by atoms with Crippen molar-refractivity contribution in [1.29, 1.82) is 0 Å². The number of aromatic nitrogens is 3. The fourth-order valence-electron chi connectivity index (χ4n) is 2.78. The Balaban J connectivity index is 2.26. The van der Waals surface area contributed by atoms with Gasteiger partial charge in [0, 0.05) is 31.0 Å². The molecule has 0 bridgehead atoms. The zero-order valence-electron chi connectivity index (χ0n) is 18.6. The highest BCUT2D eigenvalue weighted by Crippen LogP contribution is 2.19. The van der Waals surface area contributed by atoms with Crippen molar-refractivity contribution in [2.24, 2.45) is 5.92 Å². The second-order valence-corrected chi connectivity index (χ2v) is 9.35. The van der Waals surface area contributed by atoms with Gasteiger partial charge in [-0.3, -0.25) is 0 Å². The van der Waals surface area contributed by atoms with Crippen molar-refractivity contribution in [2.45, 2.75) is 72.4 Å². The van der Waals surface area contributed by atoms with Crippen molar-refractivity contribution in [3.8, 4) is 5.69 Å². The first-order valence-electron chi connectivity index (χ1n) is 10.1. The van der Waals surface area contributed by atoms with E-state index in [1.807, 2.05) is 56.6 Å². The number of hydrogen-bond acceptors (Lipinski definition) is 4. The third kappa shape index (κ3) is 7.03. The van der Waals surface area contributed by atoms with Gasteiger partial charge in [-0.1, -0.05) is 31.5 Å². The maximum atomic E-state index is 12.4. The molecular formula is C22H33ClN4O2. The summed E-state index contributed by atoms with van der Waals surface area (Å²) in [6, 6.07) is 7.45. The average Bonchev–Trinajstić information content (AvgIpc) is 3.00. The highest BCUT2D eigenvalue weighted by Gasteiger charge is 2.25. The summed E-state index contributed by atoms with van der Waals surface area (Å²) in [6.07, 6.45) is 2.04. The molecule has 0 aliphatic heterocycles. The summed E-state index contributed by atoms with van der Waals surface area (Å²) < 4.78 is 7.32. The van der Waals surface area contributed by atoms with Gasteiger partial charge in [-0.25, -0.2) is 14.5 Å². The van der Waals surface area contributed by atoms with Gasteiger partial charge in [0.05, 0.1) is 5.69 Å². The molecule has 160 valence electrons. The molecule has 1 amide bonds. The van der Waals surface area contributed by atoms with Gasteiger partial charge in [-0.15, -0.1) is 0 Å². The van der Waals surface area contributed by atoms with Crippen molar-refractivity contribution in [3.05, 3.63) is 40.9 Å². The molecule has 0 aliphatic carbocycles. The van der Waals surface area contributed by atoms with Crippen molar-refractivity contribution >= 4 is 17.7 Å². The Morgan fingerprint density at radius 2 is 1.97 bits per heavy atom. The average molecular weight is 421 g/mol. The molecule has 0 saturated heterocycles. The molecule has 1 atom stereocenters. The van der Waals surface area contributed by atoms with Crippen molar-refractivity contribution in [2.75, 3.05) is 7.05 Å². The molecule has 2 aromatic rings.